The highest BCUT2D eigenvalue weighted by Crippen LogP contribution is 2.20. The van der Waals surface area contributed by atoms with Gasteiger partial charge in [-0.05, 0) is 56.5 Å². The Hall–Kier alpha value is -1.06. The van der Waals surface area contributed by atoms with E-state index in [4.69, 9.17) is 10.5 Å². The quantitative estimate of drug-likeness (QED) is 0.887. The van der Waals surface area contributed by atoms with Crippen molar-refractivity contribution in [3.8, 4) is 5.75 Å². The second-order valence-electron chi connectivity index (χ2n) is 5.59. The van der Waals surface area contributed by atoms with Crippen LogP contribution in [-0.4, -0.2) is 31.1 Å². The molecule has 3 nitrogen and oxygen atoms in total. The first-order chi connectivity index (χ1) is 9.19. The Labute approximate surface area is 116 Å². The highest BCUT2D eigenvalue weighted by molar-refractivity contribution is 5.29. The molecule has 1 atom stereocenters. The van der Waals surface area contributed by atoms with E-state index in [2.05, 4.69) is 24.0 Å². The van der Waals surface area contributed by atoms with Gasteiger partial charge in [0, 0.05) is 12.6 Å². The van der Waals surface area contributed by atoms with Crippen LogP contribution in [-0.2, 0) is 0 Å². The number of ether oxygens (including phenoxy) is 1. The molecule has 19 heavy (non-hydrogen) atoms. The Balaban J connectivity index is 1.86. The van der Waals surface area contributed by atoms with E-state index in [1.807, 2.05) is 19.1 Å². The van der Waals surface area contributed by atoms with Gasteiger partial charge in [-0.2, -0.15) is 0 Å². The molecular weight excluding hydrogens is 236 g/mol. The van der Waals surface area contributed by atoms with E-state index >= 15 is 0 Å². The van der Waals surface area contributed by atoms with Gasteiger partial charge in [-0.25, -0.2) is 0 Å². The zero-order valence-corrected chi connectivity index (χ0v) is 12.1. The van der Waals surface area contributed by atoms with Gasteiger partial charge in [0.2, 0.25) is 0 Å². The highest BCUT2D eigenvalue weighted by Gasteiger charge is 2.18. The maximum Gasteiger partial charge on any atom is 0.119 e. The summed E-state index contributed by atoms with van der Waals surface area (Å²) in [6, 6.07) is 8.29. The molecule has 0 bridgehead atoms. The summed E-state index contributed by atoms with van der Waals surface area (Å²) in [5, 5.41) is 0. The fraction of sp³-hybridized carbons (Fsp3) is 0.625. The third kappa shape index (κ3) is 4.22. The van der Waals surface area contributed by atoms with Crippen LogP contribution in [0.25, 0.3) is 0 Å². The molecule has 2 N–H and O–H groups in total. The Bertz CT molecular complexity index is 369. The van der Waals surface area contributed by atoms with E-state index in [1.54, 1.807) is 0 Å². The van der Waals surface area contributed by atoms with E-state index < -0.39 is 0 Å². The summed E-state index contributed by atoms with van der Waals surface area (Å²) >= 11 is 0. The molecular formula is C16H26N2O. The smallest absolute Gasteiger partial charge is 0.119 e. The normalized spacial score (nSPS) is 19.3. The summed E-state index contributed by atoms with van der Waals surface area (Å²) in [6.45, 7) is 8.37. The minimum absolute atomic E-state index is 0.101. The van der Waals surface area contributed by atoms with Crippen LogP contribution in [0.15, 0.2) is 24.3 Å². The molecule has 0 aliphatic carbocycles. The molecule has 1 saturated heterocycles. The first-order valence-corrected chi connectivity index (χ1v) is 7.39. The number of hydrogen-bond donors (Lipinski definition) is 1. The molecule has 0 spiro atoms. The zero-order chi connectivity index (χ0) is 13.7. The zero-order valence-electron chi connectivity index (χ0n) is 12.1. The molecule has 1 aromatic carbocycles. The molecule has 0 amide bonds. The van der Waals surface area contributed by atoms with Crippen LogP contribution in [0, 0.1) is 5.92 Å². The van der Waals surface area contributed by atoms with E-state index in [0.29, 0.717) is 6.61 Å². The van der Waals surface area contributed by atoms with E-state index in [-0.39, 0.29) is 6.04 Å². The molecule has 0 radical (unpaired) electrons. The minimum atomic E-state index is 0.101. The summed E-state index contributed by atoms with van der Waals surface area (Å²) in [6.07, 6.45) is 2.60. The lowest BCUT2D eigenvalue weighted by Crippen LogP contribution is -2.38. The first-order valence-electron chi connectivity index (χ1n) is 7.39. The van der Waals surface area contributed by atoms with Gasteiger partial charge in [0.05, 0.1) is 6.61 Å². The van der Waals surface area contributed by atoms with Gasteiger partial charge >= 0.3 is 0 Å². The Morgan fingerprint density at radius 2 is 1.89 bits per heavy atom. The van der Waals surface area contributed by atoms with Crippen molar-refractivity contribution in [3.63, 3.8) is 0 Å². The van der Waals surface area contributed by atoms with Crippen molar-refractivity contribution >= 4 is 0 Å². The molecule has 1 heterocycles. The topological polar surface area (TPSA) is 38.5 Å². The third-order valence-electron chi connectivity index (χ3n) is 3.95. The largest absolute Gasteiger partial charge is 0.494 e. The monoisotopic (exact) mass is 262 g/mol. The molecule has 1 fully saturated rings. The molecule has 1 aliphatic heterocycles. The van der Waals surface area contributed by atoms with Crippen LogP contribution in [0.2, 0.25) is 0 Å². The number of nitrogens with two attached hydrogens (primary N) is 1. The molecule has 1 aromatic rings. The van der Waals surface area contributed by atoms with Crippen molar-refractivity contribution in [2.45, 2.75) is 32.7 Å². The second-order valence-corrected chi connectivity index (χ2v) is 5.59. The van der Waals surface area contributed by atoms with Gasteiger partial charge in [-0.1, -0.05) is 19.1 Å². The number of rotatable bonds is 5. The van der Waals surface area contributed by atoms with Crippen LogP contribution >= 0.6 is 0 Å². The molecule has 3 heteroatoms. The standard InChI is InChI=1S/C16H26N2O/c1-3-19-15-6-4-14(5-7-15)16(17)12-18-10-8-13(2)9-11-18/h4-7,13,16H,3,8-12,17H2,1-2H3. The first kappa shape index (κ1) is 14.4. The van der Waals surface area contributed by atoms with Gasteiger partial charge in [0.1, 0.15) is 5.75 Å². The van der Waals surface area contributed by atoms with Crippen molar-refractivity contribution in [2.24, 2.45) is 11.7 Å². The maximum absolute atomic E-state index is 6.30. The summed E-state index contributed by atoms with van der Waals surface area (Å²) in [4.78, 5) is 2.49. The van der Waals surface area contributed by atoms with Gasteiger partial charge in [-0.3, -0.25) is 0 Å². The number of hydrogen-bond acceptors (Lipinski definition) is 3. The van der Waals surface area contributed by atoms with E-state index in [9.17, 15) is 0 Å². The van der Waals surface area contributed by atoms with Crippen molar-refractivity contribution in [1.29, 1.82) is 0 Å². The maximum atomic E-state index is 6.30. The lowest BCUT2D eigenvalue weighted by atomic mass is 9.98. The number of nitrogens with zero attached hydrogens (tertiary/aromatic N) is 1. The van der Waals surface area contributed by atoms with E-state index in [0.717, 1.165) is 18.2 Å². The van der Waals surface area contributed by atoms with Gasteiger partial charge in [-0.15, -0.1) is 0 Å². The summed E-state index contributed by atoms with van der Waals surface area (Å²) < 4.78 is 5.45. The minimum Gasteiger partial charge on any atom is -0.494 e. The van der Waals surface area contributed by atoms with Crippen molar-refractivity contribution in [2.75, 3.05) is 26.2 Å². The molecule has 106 valence electrons. The number of benzene rings is 1. The summed E-state index contributed by atoms with van der Waals surface area (Å²) in [5.74, 6) is 1.79. The lowest BCUT2D eigenvalue weighted by molar-refractivity contribution is 0.183. The summed E-state index contributed by atoms with van der Waals surface area (Å²) in [5.41, 5.74) is 7.50. The summed E-state index contributed by atoms with van der Waals surface area (Å²) in [7, 11) is 0. The fourth-order valence-corrected chi connectivity index (χ4v) is 2.61. The Morgan fingerprint density at radius 3 is 2.47 bits per heavy atom. The third-order valence-corrected chi connectivity index (χ3v) is 3.95. The van der Waals surface area contributed by atoms with Crippen molar-refractivity contribution in [3.05, 3.63) is 29.8 Å². The van der Waals surface area contributed by atoms with Gasteiger partial charge < -0.3 is 15.4 Å². The van der Waals surface area contributed by atoms with Crippen molar-refractivity contribution in [1.82, 2.24) is 4.90 Å². The van der Waals surface area contributed by atoms with Crippen LogP contribution in [0.5, 0.6) is 5.75 Å². The number of piperidine rings is 1. The number of likely N-dealkylation sites (tertiary alicyclic amines) is 1. The Morgan fingerprint density at radius 1 is 1.26 bits per heavy atom. The van der Waals surface area contributed by atoms with Crippen molar-refractivity contribution < 1.29 is 4.74 Å². The van der Waals surface area contributed by atoms with Crippen LogP contribution in [0.1, 0.15) is 38.3 Å². The highest BCUT2D eigenvalue weighted by atomic mass is 16.5. The average molecular weight is 262 g/mol. The molecule has 1 unspecified atom stereocenters. The van der Waals surface area contributed by atoms with Crippen LogP contribution in [0.4, 0.5) is 0 Å². The fourth-order valence-electron chi connectivity index (χ4n) is 2.61. The molecule has 1 aliphatic rings. The van der Waals surface area contributed by atoms with Crippen LogP contribution < -0.4 is 10.5 Å². The molecule has 0 aromatic heterocycles. The van der Waals surface area contributed by atoms with Gasteiger partial charge in [0.25, 0.3) is 0 Å². The van der Waals surface area contributed by atoms with Gasteiger partial charge in [0.15, 0.2) is 0 Å². The lowest BCUT2D eigenvalue weighted by Gasteiger charge is -2.32. The molecule has 0 saturated carbocycles. The molecule has 2 rings (SSSR count). The average Bonchev–Trinajstić information content (AvgIpc) is 2.42. The van der Waals surface area contributed by atoms with E-state index in [1.165, 1.54) is 31.5 Å². The second kappa shape index (κ2) is 6.92. The van der Waals surface area contributed by atoms with Crippen LogP contribution in [0.3, 0.4) is 0 Å². The SMILES string of the molecule is CCOc1ccc(C(N)CN2CCC(C)CC2)cc1. The Kier molecular flexibility index (Phi) is 5.23. The predicted molar refractivity (Wildman–Crippen MR) is 79.4 cm³/mol. The predicted octanol–water partition coefficient (Wildman–Crippen LogP) is 2.82.